The van der Waals surface area contributed by atoms with Crippen molar-refractivity contribution in [2.75, 3.05) is 6.54 Å². The van der Waals surface area contributed by atoms with Crippen LogP contribution in [0.5, 0.6) is 0 Å². The molecule has 30 heavy (non-hydrogen) atoms. The van der Waals surface area contributed by atoms with Gasteiger partial charge in [-0.25, -0.2) is 0 Å². The lowest BCUT2D eigenvalue weighted by atomic mass is 10.1. The molecule has 1 N–H and O–H groups in total. The number of benzene rings is 2. The summed E-state index contributed by atoms with van der Waals surface area (Å²) < 4.78 is 0. The Morgan fingerprint density at radius 1 is 1.00 bits per heavy atom. The summed E-state index contributed by atoms with van der Waals surface area (Å²) in [4.78, 5) is 27.6. The normalized spacial score (nSPS) is 11.8. The molecule has 2 aromatic rings. The molecule has 0 saturated carbocycles. The van der Waals surface area contributed by atoms with E-state index < -0.39 is 6.04 Å². The van der Waals surface area contributed by atoms with Crippen LogP contribution < -0.4 is 5.32 Å². The average molecular weight is 470 g/mol. The Labute approximate surface area is 193 Å². The minimum absolute atomic E-state index is 0.126. The fourth-order valence-electron chi connectivity index (χ4n) is 3.21. The van der Waals surface area contributed by atoms with E-state index in [4.69, 9.17) is 34.8 Å². The molecule has 0 radical (unpaired) electrons. The van der Waals surface area contributed by atoms with Gasteiger partial charge in [-0.1, -0.05) is 72.9 Å². The van der Waals surface area contributed by atoms with Gasteiger partial charge < -0.3 is 10.2 Å². The number of carbonyl (C=O) groups is 2. The quantitative estimate of drug-likeness (QED) is 0.470. The number of nitrogens with zero attached hydrogens (tertiary/aromatic N) is 1. The second-order valence-corrected chi connectivity index (χ2v) is 8.31. The molecule has 7 heteroatoms. The SMILES string of the molecule is CCCNC(=O)[C@H](CC)N(Cc1ccc(Cl)cc1Cl)C(=O)CCc1ccccc1Cl. The molecular formula is C23H27Cl3N2O2. The lowest BCUT2D eigenvalue weighted by Gasteiger charge is -2.31. The number of hydrogen-bond donors (Lipinski definition) is 1. The van der Waals surface area contributed by atoms with Crippen molar-refractivity contribution < 1.29 is 9.59 Å². The summed E-state index contributed by atoms with van der Waals surface area (Å²) in [6, 6.07) is 12.0. The van der Waals surface area contributed by atoms with Crippen LogP contribution in [0.3, 0.4) is 0 Å². The highest BCUT2D eigenvalue weighted by Gasteiger charge is 2.28. The van der Waals surface area contributed by atoms with Gasteiger partial charge in [0, 0.05) is 34.6 Å². The summed E-state index contributed by atoms with van der Waals surface area (Å²) in [6.45, 7) is 4.68. The highest BCUT2D eigenvalue weighted by atomic mass is 35.5. The number of halogens is 3. The second-order valence-electron chi connectivity index (χ2n) is 7.06. The van der Waals surface area contributed by atoms with Crippen LogP contribution in [0.4, 0.5) is 0 Å². The Kier molecular flexibility index (Phi) is 9.96. The van der Waals surface area contributed by atoms with Crippen molar-refractivity contribution in [1.82, 2.24) is 10.2 Å². The van der Waals surface area contributed by atoms with E-state index in [1.165, 1.54) is 0 Å². The van der Waals surface area contributed by atoms with Crippen LogP contribution in [0.15, 0.2) is 42.5 Å². The number of amides is 2. The zero-order chi connectivity index (χ0) is 22.1. The molecule has 4 nitrogen and oxygen atoms in total. The van der Waals surface area contributed by atoms with Crippen LogP contribution in [-0.4, -0.2) is 29.3 Å². The monoisotopic (exact) mass is 468 g/mol. The number of hydrogen-bond acceptors (Lipinski definition) is 2. The predicted molar refractivity (Wildman–Crippen MR) is 124 cm³/mol. The van der Waals surface area contributed by atoms with E-state index in [0.29, 0.717) is 34.5 Å². The first-order chi connectivity index (χ1) is 14.4. The summed E-state index contributed by atoms with van der Waals surface area (Å²) in [6.07, 6.45) is 2.06. The van der Waals surface area contributed by atoms with Gasteiger partial charge in [-0.15, -0.1) is 0 Å². The van der Waals surface area contributed by atoms with Crippen molar-refractivity contribution in [3.8, 4) is 0 Å². The molecule has 0 aliphatic heterocycles. The highest BCUT2D eigenvalue weighted by Crippen LogP contribution is 2.25. The molecule has 0 aromatic heterocycles. The molecule has 0 spiro atoms. The molecule has 0 fully saturated rings. The van der Waals surface area contributed by atoms with Gasteiger partial charge in [-0.2, -0.15) is 0 Å². The maximum atomic E-state index is 13.2. The molecule has 162 valence electrons. The summed E-state index contributed by atoms with van der Waals surface area (Å²) in [5.41, 5.74) is 1.65. The van der Waals surface area contributed by atoms with Crippen LogP contribution in [0, 0.1) is 0 Å². The van der Waals surface area contributed by atoms with E-state index in [1.54, 1.807) is 29.2 Å². The third kappa shape index (κ3) is 6.90. The van der Waals surface area contributed by atoms with E-state index in [9.17, 15) is 9.59 Å². The van der Waals surface area contributed by atoms with Crippen molar-refractivity contribution >= 4 is 46.6 Å². The Bertz CT molecular complexity index is 873. The Morgan fingerprint density at radius 2 is 1.73 bits per heavy atom. The van der Waals surface area contributed by atoms with E-state index in [-0.39, 0.29) is 24.8 Å². The molecule has 0 unspecified atom stereocenters. The molecular weight excluding hydrogens is 443 g/mol. The zero-order valence-electron chi connectivity index (χ0n) is 17.3. The van der Waals surface area contributed by atoms with E-state index in [1.807, 2.05) is 32.0 Å². The fourth-order valence-corrected chi connectivity index (χ4v) is 3.90. The molecule has 1 atom stereocenters. The van der Waals surface area contributed by atoms with E-state index in [2.05, 4.69) is 5.32 Å². The van der Waals surface area contributed by atoms with Crippen molar-refractivity contribution in [1.29, 1.82) is 0 Å². The van der Waals surface area contributed by atoms with Gasteiger partial charge in [0.25, 0.3) is 0 Å². The first-order valence-electron chi connectivity index (χ1n) is 10.1. The average Bonchev–Trinajstić information content (AvgIpc) is 2.72. The molecule has 0 bridgehead atoms. The summed E-state index contributed by atoms with van der Waals surface area (Å²) >= 11 is 18.6. The minimum Gasteiger partial charge on any atom is -0.354 e. The first-order valence-corrected chi connectivity index (χ1v) is 11.2. The van der Waals surface area contributed by atoms with Gasteiger partial charge in [0.05, 0.1) is 0 Å². The standard InChI is InChI=1S/C23H27Cl3N2O2/c1-3-13-27-23(30)21(4-2)28(15-17-9-11-18(24)14-20(17)26)22(29)12-10-16-7-5-6-8-19(16)25/h5-9,11,14,21H,3-4,10,12-13,15H2,1-2H3,(H,27,30)/t21-/m0/s1. The van der Waals surface area contributed by atoms with Crippen LogP contribution in [0.1, 0.15) is 44.2 Å². The number of carbonyl (C=O) groups excluding carboxylic acids is 2. The first kappa shape index (κ1) is 24.5. The highest BCUT2D eigenvalue weighted by molar-refractivity contribution is 6.35. The molecule has 0 aliphatic rings. The number of nitrogens with one attached hydrogen (secondary N) is 1. The zero-order valence-corrected chi connectivity index (χ0v) is 19.5. The Balaban J connectivity index is 2.25. The molecule has 0 aliphatic carbocycles. The number of aryl methyl sites for hydroxylation is 1. The van der Waals surface area contributed by atoms with Gasteiger partial charge in [0.15, 0.2) is 0 Å². The summed E-state index contributed by atoms with van der Waals surface area (Å²) in [5, 5.41) is 4.52. The van der Waals surface area contributed by atoms with Crippen molar-refractivity contribution in [3.05, 3.63) is 68.7 Å². The maximum absolute atomic E-state index is 13.2. The van der Waals surface area contributed by atoms with Crippen molar-refractivity contribution in [2.24, 2.45) is 0 Å². The Morgan fingerprint density at radius 3 is 2.37 bits per heavy atom. The third-order valence-corrected chi connectivity index (χ3v) is 5.81. The topological polar surface area (TPSA) is 49.4 Å². The van der Waals surface area contributed by atoms with E-state index in [0.717, 1.165) is 17.5 Å². The molecule has 0 heterocycles. The smallest absolute Gasteiger partial charge is 0.242 e. The largest absolute Gasteiger partial charge is 0.354 e. The lowest BCUT2D eigenvalue weighted by molar-refractivity contribution is -0.141. The van der Waals surface area contributed by atoms with Crippen LogP contribution in [0.25, 0.3) is 0 Å². The minimum atomic E-state index is -0.581. The van der Waals surface area contributed by atoms with E-state index >= 15 is 0 Å². The summed E-state index contributed by atoms with van der Waals surface area (Å²) in [5.74, 6) is -0.282. The number of rotatable bonds is 10. The van der Waals surface area contributed by atoms with Crippen LogP contribution in [-0.2, 0) is 22.6 Å². The lowest BCUT2D eigenvalue weighted by Crippen LogP contribution is -2.49. The third-order valence-electron chi connectivity index (χ3n) is 4.86. The van der Waals surface area contributed by atoms with Gasteiger partial charge in [0.2, 0.25) is 11.8 Å². The summed E-state index contributed by atoms with van der Waals surface area (Å²) in [7, 11) is 0. The van der Waals surface area contributed by atoms with Crippen LogP contribution >= 0.6 is 34.8 Å². The molecule has 0 saturated heterocycles. The van der Waals surface area contributed by atoms with Gasteiger partial charge >= 0.3 is 0 Å². The van der Waals surface area contributed by atoms with Gasteiger partial charge in [-0.05, 0) is 48.6 Å². The maximum Gasteiger partial charge on any atom is 0.242 e. The molecule has 2 amide bonds. The van der Waals surface area contributed by atoms with Gasteiger partial charge in [-0.3, -0.25) is 9.59 Å². The van der Waals surface area contributed by atoms with Crippen molar-refractivity contribution in [3.63, 3.8) is 0 Å². The van der Waals surface area contributed by atoms with Gasteiger partial charge in [0.1, 0.15) is 6.04 Å². The van der Waals surface area contributed by atoms with Crippen LogP contribution in [0.2, 0.25) is 15.1 Å². The Hall–Kier alpha value is -1.75. The molecule has 2 aromatic carbocycles. The molecule has 2 rings (SSSR count). The fraction of sp³-hybridized carbons (Fsp3) is 0.391. The second kappa shape index (κ2) is 12.2. The van der Waals surface area contributed by atoms with Crippen molar-refractivity contribution in [2.45, 2.75) is 52.1 Å². The predicted octanol–water partition coefficient (Wildman–Crippen LogP) is 5.91.